The van der Waals surface area contributed by atoms with Crippen LogP contribution in [0.1, 0.15) is 23.3 Å². The average molecular weight is 270 g/mol. The Balaban J connectivity index is 2.05. The Hall–Kier alpha value is -1.33. The van der Waals surface area contributed by atoms with Crippen molar-refractivity contribution in [2.75, 3.05) is 25.5 Å². The predicted molar refractivity (Wildman–Crippen MR) is 70.3 cm³/mol. The first kappa shape index (κ1) is 13.1. The van der Waals surface area contributed by atoms with Crippen molar-refractivity contribution in [3.63, 3.8) is 0 Å². The van der Waals surface area contributed by atoms with E-state index in [0.29, 0.717) is 11.9 Å². The maximum atomic E-state index is 10.9. The van der Waals surface area contributed by atoms with Crippen molar-refractivity contribution in [2.24, 2.45) is 0 Å². The van der Waals surface area contributed by atoms with Crippen LogP contribution in [0.5, 0.6) is 0 Å². The minimum absolute atomic E-state index is 0.102. The van der Waals surface area contributed by atoms with Crippen molar-refractivity contribution in [2.45, 2.75) is 18.9 Å². The summed E-state index contributed by atoms with van der Waals surface area (Å²) >= 11 is 5.78. The van der Waals surface area contributed by atoms with E-state index in [9.17, 15) is 4.79 Å². The number of rotatable bonds is 3. The van der Waals surface area contributed by atoms with Gasteiger partial charge in [0.2, 0.25) is 0 Å². The van der Waals surface area contributed by atoms with Gasteiger partial charge < -0.3 is 15.3 Å². The quantitative estimate of drug-likeness (QED) is 0.878. The summed E-state index contributed by atoms with van der Waals surface area (Å²) in [7, 11) is 2.10. The summed E-state index contributed by atoms with van der Waals surface area (Å²) in [6, 6.07) is 3.62. The monoisotopic (exact) mass is 269 g/mol. The number of piperidine rings is 1. The molecule has 2 rings (SSSR count). The molecular formula is C12H16ClN3O2. The number of carboxylic acids is 1. The molecule has 1 aromatic heterocycles. The number of nitrogens with one attached hydrogen (secondary N) is 1. The van der Waals surface area contributed by atoms with Gasteiger partial charge >= 0.3 is 5.97 Å². The van der Waals surface area contributed by atoms with Crippen molar-refractivity contribution < 1.29 is 9.90 Å². The fourth-order valence-electron chi connectivity index (χ4n) is 2.03. The number of likely N-dealkylation sites (tertiary alicyclic amines) is 1. The van der Waals surface area contributed by atoms with E-state index in [1.54, 1.807) is 12.1 Å². The number of nitrogens with zero attached hydrogens (tertiary/aromatic N) is 2. The molecule has 0 aliphatic carbocycles. The molecule has 18 heavy (non-hydrogen) atoms. The Morgan fingerprint density at radius 1 is 1.50 bits per heavy atom. The molecule has 0 unspecified atom stereocenters. The van der Waals surface area contributed by atoms with Gasteiger partial charge in [0.25, 0.3) is 0 Å². The van der Waals surface area contributed by atoms with E-state index in [1.165, 1.54) is 0 Å². The van der Waals surface area contributed by atoms with Gasteiger partial charge in [0.15, 0.2) is 5.69 Å². The number of halogens is 1. The molecule has 6 heteroatoms. The van der Waals surface area contributed by atoms with Gasteiger partial charge in [-0.3, -0.25) is 0 Å². The molecule has 1 aliphatic rings. The largest absolute Gasteiger partial charge is 0.476 e. The Labute approximate surface area is 111 Å². The zero-order valence-corrected chi connectivity index (χ0v) is 10.9. The van der Waals surface area contributed by atoms with Gasteiger partial charge in [-0.25, -0.2) is 9.78 Å². The molecule has 5 nitrogen and oxygen atoms in total. The maximum absolute atomic E-state index is 10.9. The van der Waals surface area contributed by atoms with E-state index < -0.39 is 5.97 Å². The predicted octanol–water partition coefficient (Wildman–Crippen LogP) is 1.94. The number of hydrogen-bond donors (Lipinski definition) is 2. The number of hydrogen-bond acceptors (Lipinski definition) is 4. The molecule has 0 amide bonds. The van der Waals surface area contributed by atoms with Crippen LogP contribution in [0.15, 0.2) is 12.1 Å². The molecule has 1 fully saturated rings. The normalized spacial score (nSPS) is 17.7. The highest BCUT2D eigenvalue weighted by Crippen LogP contribution is 2.19. The minimum atomic E-state index is -1.10. The summed E-state index contributed by atoms with van der Waals surface area (Å²) in [5.74, 6) is -0.529. The number of carbonyl (C=O) groups is 1. The molecule has 0 bridgehead atoms. The fourth-order valence-corrected chi connectivity index (χ4v) is 2.22. The second-order valence-corrected chi connectivity index (χ2v) is 4.96. The van der Waals surface area contributed by atoms with Crippen LogP contribution in [0.25, 0.3) is 0 Å². The molecule has 1 aromatic rings. The van der Waals surface area contributed by atoms with Crippen LogP contribution in [0.2, 0.25) is 5.02 Å². The first-order valence-corrected chi connectivity index (χ1v) is 6.29. The highest BCUT2D eigenvalue weighted by Gasteiger charge is 2.18. The van der Waals surface area contributed by atoms with E-state index in [1.807, 2.05) is 0 Å². The number of pyridine rings is 1. The third-order valence-electron chi connectivity index (χ3n) is 3.12. The lowest BCUT2D eigenvalue weighted by Crippen LogP contribution is -2.36. The molecule has 1 aliphatic heterocycles. The summed E-state index contributed by atoms with van der Waals surface area (Å²) in [5, 5.41) is 12.4. The summed E-state index contributed by atoms with van der Waals surface area (Å²) in [6.45, 7) is 2.08. The Kier molecular flexibility index (Phi) is 4.04. The van der Waals surface area contributed by atoms with E-state index in [-0.39, 0.29) is 10.7 Å². The minimum Gasteiger partial charge on any atom is -0.476 e. The molecule has 2 heterocycles. The first-order chi connectivity index (χ1) is 8.56. The molecule has 0 radical (unpaired) electrons. The van der Waals surface area contributed by atoms with Crippen molar-refractivity contribution in [1.82, 2.24) is 9.88 Å². The van der Waals surface area contributed by atoms with Gasteiger partial charge in [0.05, 0.1) is 5.02 Å². The van der Waals surface area contributed by atoms with Crippen molar-refractivity contribution in [3.05, 3.63) is 22.8 Å². The standard InChI is InChI=1S/C12H16ClN3O2/c1-16-6-4-8(5-7-16)14-10-3-2-9(13)11(15-10)12(17)18/h2-3,8H,4-7H2,1H3,(H,14,15)(H,17,18). The Bertz CT molecular complexity index is 445. The molecule has 0 saturated carbocycles. The smallest absolute Gasteiger partial charge is 0.356 e. The molecule has 98 valence electrons. The fraction of sp³-hybridized carbons (Fsp3) is 0.500. The lowest BCUT2D eigenvalue weighted by Gasteiger charge is -2.29. The number of aromatic carboxylic acids is 1. The van der Waals surface area contributed by atoms with Crippen LogP contribution in [0.3, 0.4) is 0 Å². The SMILES string of the molecule is CN1CCC(Nc2ccc(Cl)c(C(=O)O)n2)CC1. The van der Waals surface area contributed by atoms with Gasteiger partial charge in [-0.15, -0.1) is 0 Å². The third-order valence-corrected chi connectivity index (χ3v) is 3.42. The number of anilines is 1. The topological polar surface area (TPSA) is 65.5 Å². The van der Waals surface area contributed by atoms with Crippen molar-refractivity contribution >= 4 is 23.4 Å². The average Bonchev–Trinajstić information content (AvgIpc) is 2.34. The molecule has 0 aromatic carbocycles. The van der Waals surface area contributed by atoms with Gasteiger partial charge in [-0.2, -0.15) is 0 Å². The lowest BCUT2D eigenvalue weighted by atomic mass is 10.1. The third kappa shape index (κ3) is 3.11. The van der Waals surface area contributed by atoms with Crippen LogP contribution >= 0.6 is 11.6 Å². The van der Waals surface area contributed by atoms with Gasteiger partial charge in [0, 0.05) is 6.04 Å². The van der Waals surface area contributed by atoms with E-state index in [0.717, 1.165) is 25.9 Å². The van der Waals surface area contributed by atoms with Gasteiger partial charge in [0.1, 0.15) is 5.82 Å². The Morgan fingerprint density at radius 3 is 2.78 bits per heavy atom. The van der Waals surface area contributed by atoms with Crippen molar-refractivity contribution in [1.29, 1.82) is 0 Å². The van der Waals surface area contributed by atoms with Crippen LogP contribution < -0.4 is 5.32 Å². The lowest BCUT2D eigenvalue weighted by molar-refractivity contribution is 0.0691. The van der Waals surface area contributed by atoms with Crippen molar-refractivity contribution in [3.8, 4) is 0 Å². The molecule has 2 N–H and O–H groups in total. The van der Waals surface area contributed by atoms with Crippen LogP contribution in [0, 0.1) is 0 Å². The zero-order chi connectivity index (χ0) is 13.1. The second kappa shape index (κ2) is 5.54. The molecule has 0 atom stereocenters. The first-order valence-electron chi connectivity index (χ1n) is 5.91. The summed E-state index contributed by atoms with van der Waals surface area (Å²) in [5.41, 5.74) is -0.102. The summed E-state index contributed by atoms with van der Waals surface area (Å²) in [6.07, 6.45) is 2.06. The molecule has 0 spiro atoms. The van der Waals surface area contributed by atoms with E-state index >= 15 is 0 Å². The van der Waals surface area contributed by atoms with Crippen LogP contribution in [-0.4, -0.2) is 47.1 Å². The van der Waals surface area contributed by atoms with Crippen LogP contribution in [-0.2, 0) is 0 Å². The van der Waals surface area contributed by atoms with E-state index in [2.05, 4.69) is 22.2 Å². The van der Waals surface area contributed by atoms with Crippen LogP contribution in [0.4, 0.5) is 5.82 Å². The Morgan fingerprint density at radius 2 is 2.17 bits per heavy atom. The van der Waals surface area contributed by atoms with E-state index in [4.69, 9.17) is 16.7 Å². The summed E-state index contributed by atoms with van der Waals surface area (Å²) < 4.78 is 0. The van der Waals surface area contributed by atoms with Gasteiger partial charge in [-0.05, 0) is 45.1 Å². The molecule has 1 saturated heterocycles. The highest BCUT2D eigenvalue weighted by molar-refractivity contribution is 6.33. The summed E-state index contributed by atoms with van der Waals surface area (Å²) in [4.78, 5) is 17.2. The number of carboxylic acid groups (broad SMARTS) is 1. The maximum Gasteiger partial charge on any atom is 0.356 e. The van der Waals surface area contributed by atoms with Gasteiger partial charge in [-0.1, -0.05) is 11.6 Å². The molecular weight excluding hydrogens is 254 g/mol. The highest BCUT2D eigenvalue weighted by atomic mass is 35.5. The number of aromatic nitrogens is 1. The zero-order valence-electron chi connectivity index (χ0n) is 10.2. The second-order valence-electron chi connectivity index (χ2n) is 4.55.